The van der Waals surface area contributed by atoms with Gasteiger partial charge in [-0.25, -0.2) is 23.9 Å². The molecule has 1 aromatic heterocycles. The molecule has 0 bridgehead atoms. The van der Waals surface area contributed by atoms with E-state index in [9.17, 15) is 13.2 Å². The smallest absolute Gasteiger partial charge is 0.267 e. The van der Waals surface area contributed by atoms with Gasteiger partial charge in [0.1, 0.15) is 0 Å². The van der Waals surface area contributed by atoms with Gasteiger partial charge in [-0.2, -0.15) is 0 Å². The van der Waals surface area contributed by atoms with Gasteiger partial charge in [0, 0.05) is 17.5 Å². The molecule has 7 nitrogen and oxygen atoms in total. The minimum absolute atomic E-state index is 0.210. The Labute approximate surface area is 129 Å². The summed E-state index contributed by atoms with van der Waals surface area (Å²) in [7, 11) is -3.71. The second-order valence-electron chi connectivity index (χ2n) is 4.90. The summed E-state index contributed by atoms with van der Waals surface area (Å²) in [5, 5.41) is 7.32. The molecule has 0 saturated carbocycles. The van der Waals surface area contributed by atoms with E-state index in [0.29, 0.717) is 17.0 Å². The highest BCUT2D eigenvalue weighted by atomic mass is 32.2. The van der Waals surface area contributed by atoms with Gasteiger partial charge in [-0.15, -0.1) is 0 Å². The van der Waals surface area contributed by atoms with Gasteiger partial charge < -0.3 is 0 Å². The van der Waals surface area contributed by atoms with Crippen LogP contribution in [0.4, 0.5) is 0 Å². The van der Waals surface area contributed by atoms with E-state index in [-0.39, 0.29) is 5.16 Å². The van der Waals surface area contributed by atoms with Crippen LogP contribution in [-0.4, -0.2) is 34.8 Å². The number of carbonyl (C=O) groups is 1. The molecule has 0 aliphatic carbocycles. The monoisotopic (exact) mass is 325 g/mol. The van der Waals surface area contributed by atoms with Gasteiger partial charge in [0.2, 0.25) is 15.0 Å². The average molecular weight is 325 g/mol. The Morgan fingerprint density at radius 3 is 2.32 bits per heavy atom. The third-order valence-electron chi connectivity index (χ3n) is 2.81. The van der Waals surface area contributed by atoms with Crippen LogP contribution in [0.2, 0.25) is 0 Å². The Hall–Kier alpha value is -2.06. The normalized spacial score (nSPS) is 14.1. The fourth-order valence-corrected chi connectivity index (χ4v) is 3.02. The lowest BCUT2D eigenvalue weighted by atomic mass is 10.2. The molecule has 1 aromatic rings. The molecule has 0 radical (unpaired) electrons. The van der Waals surface area contributed by atoms with E-state index in [1.807, 2.05) is 0 Å². The molecule has 0 aliphatic heterocycles. The van der Waals surface area contributed by atoms with Crippen LogP contribution in [0.1, 0.15) is 25.2 Å². The first kappa shape index (κ1) is 18.0. The van der Waals surface area contributed by atoms with Crippen LogP contribution in [0, 0.1) is 13.8 Å². The van der Waals surface area contributed by atoms with Crippen LogP contribution in [0.25, 0.3) is 0 Å². The molecule has 1 rings (SSSR count). The van der Waals surface area contributed by atoms with Crippen molar-refractivity contribution in [1.82, 2.24) is 15.4 Å². The number of hydrogen-bond donors (Lipinski definition) is 2. The third kappa shape index (κ3) is 4.74. The van der Waals surface area contributed by atoms with Crippen LogP contribution in [0.5, 0.6) is 0 Å². The molecule has 120 valence electrons. The lowest BCUT2D eigenvalue weighted by molar-refractivity contribution is -0.124. The van der Waals surface area contributed by atoms with Crippen molar-refractivity contribution in [3.63, 3.8) is 0 Å². The maximum absolute atomic E-state index is 12.5. The Morgan fingerprint density at radius 1 is 1.27 bits per heavy atom. The highest BCUT2D eigenvalue weighted by molar-refractivity contribution is 7.92. The molecule has 2 N–H and O–H groups in total. The van der Waals surface area contributed by atoms with Crippen molar-refractivity contribution < 1.29 is 18.4 Å². The molecular weight excluding hydrogens is 306 g/mol. The number of carbonyl (C=O) groups excluding carboxylic acids is 1. The number of amides is 1. The van der Waals surface area contributed by atoms with E-state index in [2.05, 4.69) is 9.97 Å². The molecular formula is C14H19N3O4S. The maximum Gasteiger partial charge on any atom is 0.267 e. The number of rotatable bonds is 5. The standard InChI is InChI=1S/C14H19N3O4S/c1-9(5-6-13(18)17-19)7-12(4)22(20,21)14-15-10(2)8-11(3)16-14/h5-8,12,19H,1-4H3,(H,17,18)/b6-5+,9-7+. The van der Waals surface area contributed by atoms with Crippen molar-refractivity contribution in [2.45, 2.75) is 38.1 Å². The lowest BCUT2D eigenvalue weighted by Crippen LogP contribution is -2.19. The summed E-state index contributed by atoms with van der Waals surface area (Å²) < 4.78 is 24.9. The van der Waals surface area contributed by atoms with Crippen molar-refractivity contribution in [2.75, 3.05) is 0 Å². The number of nitrogens with one attached hydrogen (secondary N) is 1. The molecule has 8 heteroatoms. The quantitative estimate of drug-likeness (QED) is 0.277. The summed E-state index contributed by atoms with van der Waals surface area (Å²) in [5.74, 6) is -0.694. The van der Waals surface area contributed by atoms with Gasteiger partial charge in [-0.1, -0.05) is 17.7 Å². The lowest BCUT2D eigenvalue weighted by Gasteiger charge is -2.09. The highest BCUT2D eigenvalue weighted by Gasteiger charge is 2.25. The van der Waals surface area contributed by atoms with E-state index < -0.39 is 21.0 Å². The van der Waals surface area contributed by atoms with Crippen molar-refractivity contribution in [3.05, 3.63) is 41.3 Å². The van der Waals surface area contributed by atoms with Gasteiger partial charge in [-0.3, -0.25) is 10.0 Å². The largest absolute Gasteiger partial charge is 0.288 e. The van der Waals surface area contributed by atoms with Crippen LogP contribution in [0.3, 0.4) is 0 Å². The Kier molecular flexibility index (Phi) is 5.95. The highest BCUT2D eigenvalue weighted by Crippen LogP contribution is 2.15. The van der Waals surface area contributed by atoms with Gasteiger partial charge in [-0.05, 0) is 33.8 Å². The van der Waals surface area contributed by atoms with Gasteiger partial charge in [0.05, 0.1) is 5.25 Å². The molecule has 22 heavy (non-hydrogen) atoms. The maximum atomic E-state index is 12.5. The summed E-state index contributed by atoms with van der Waals surface area (Å²) in [6, 6.07) is 1.70. The Bertz CT molecular complexity index is 703. The topological polar surface area (TPSA) is 109 Å². The van der Waals surface area contributed by atoms with E-state index in [0.717, 1.165) is 6.08 Å². The van der Waals surface area contributed by atoms with E-state index >= 15 is 0 Å². The number of hydroxylamine groups is 1. The van der Waals surface area contributed by atoms with Gasteiger partial charge in [0.15, 0.2) is 0 Å². The summed E-state index contributed by atoms with van der Waals surface area (Å²) >= 11 is 0. The zero-order valence-corrected chi connectivity index (χ0v) is 13.7. The number of nitrogens with zero attached hydrogens (tertiary/aromatic N) is 2. The predicted molar refractivity (Wildman–Crippen MR) is 81.0 cm³/mol. The fourth-order valence-electron chi connectivity index (χ4n) is 1.75. The molecule has 0 saturated heterocycles. The molecule has 1 unspecified atom stereocenters. The van der Waals surface area contributed by atoms with E-state index in [1.165, 1.54) is 24.6 Å². The van der Waals surface area contributed by atoms with Crippen molar-refractivity contribution in [2.24, 2.45) is 0 Å². The zero-order valence-electron chi connectivity index (χ0n) is 12.9. The minimum atomic E-state index is -3.71. The van der Waals surface area contributed by atoms with Crippen LogP contribution in [-0.2, 0) is 14.6 Å². The molecule has 1 heterocycles. The fraction of sp³-hybridized carbons (Fsp3) is 0.357. The number of hydrogen-bond acceptors (Lipinski definition) is 6. The summed E-state index contributed by atoms with van der Waals surface area (Å²) in [6.07, 6.45) is 3.98. The Morgan fingerprint density at radius 2 is 1.82 bits per heavy atom. The zero-order chi connectivity index (χ0) is 16.9. The number of aromatic nitrogens is 2. The Balaban J connectivity index is 3.07. The molecule has 1 amide bonds. The summed E-state index contributed by atoms with van der Waals surface area (Å²) in [5.41, 5.74) is 3.17. The number of sulfone groups is 1. The second-order valence-corrected chi connectivity index (χ2v) is 7.10. The first-order valence-corrected chi connectivity index (χ1v) is 8.08. The summed E-state index contributed by atoms with van der Waals surface area (Å²) in [6.45, 7) is 6.57. The molecule has 0 spiro atoms. The number of allylic oxidation sites excluding steroid dienone is 2. The minimum Gasteiger partial charge on any atom is -0.288 e. The SMILES string of the molecule is CC(/C=C/C(=O)NO)=C\C(C)S(=O)(=O)c1nc(C)cc(C)n1. The summed E-state index contributed by atoms with van der Waals surface area (Å²) in [4.78, 5) is 18.8. The van der Waals surface area contributed by atoms with Crippen LogP contribution >= 0.6 is 0 Å². The van der Waals surface area contributed by atoms with Crippen molar-refractivity contribution >= 4 is 15.7 Å². The molecule has 0 aromatic carbocycles. The van der Waals surface area contributed by atoms with Crippen LogP contribution in [0.15, 0.2) is 35.0 Å². The van der Waals surface area contributed by atoms with Gasteiger partial charge >= 0.3 is 0 Å². The predicted octanol–water partition coefficient (Wildman–Crippen LogP) is 1.26. The average Bonchev–Trinajstić information content (AvgIpc) is 2.43. The van der Waals surface area contributed by atoms with Crippen LogP contribution < -0.4 is 5.48 Å². The number of aryl methyl sites for hydroxylation is 2. The molecule has 0 fully saturated rings. The van der Waals surface area contributed by atoms with Gasteiger partial charge in [0.25, 0.3) is 5.91 Å². The first-order valence-electron chi connectivity index (χ1n) is 6.53. The second kappa shape index (κ2) is 7.28. The van der Waals surface area contributed by atoms with E-state index in [1.54, 1.807) is 26.8 Å². The van der Waals surface area contributed by atoms with E-state index in [4.69, 9.17) is 5.21 Å². The van der Waals surface area contributed by atoms with Crippen molar-refractivity contribution in [1.29, 1.82) is 0 Å². The molecule has 0 aliphatic rings. The molecule has 1 atom stereocenters. The first-order chi connectivity index (χ1) is 10.2. The third-order valence-corrected chi connectivity index (χ3v) is 4.62. The van der Waals surface area contributed by atoms with Crippen molar-refractivity contribution in [3.8, 4) is 0 Å².